The summed E-state index contributed by atoms with van der Waals surface area (Å²) in [7, 11) is 0. The second kappa shape index (κ2) is 5.08. The van der Waals surface area contributed by atoms with Crippen molar-refractivity contribution in [2.45, 2.75) is 25.5 Å². The summed E-state index contributed by atoms with van der Waals surface area (Å²) in [5, 5.41) is 8.69. The monoisotopic (exact) mass is 249 g/mol. The van der Waals surface area contributed by atoms with E-state index in [0.717, 1.165) is 5.56 Å². The number of hydrogen-bond donors (Lipinski definition) is 1. The standard InChI is InChI=1S/C13H15NO4/c1-9(10-5-3-2-4-6-10)14-8-11(7-12(15)16)18-13(14)17/h2-6,9,11H,7-8H2,1H3,(H,15,16). The van der Waals surface area contributed by atoms with E-state index in [2.05, 4.69) is 0 Å². The predicted molar refractivity (Wildman–Crippen MR) is 64.1 cm³/mol. The molecule has 96 valence electrons. The summed E-state index contributed by atoms with van der Waals surface area (Å²) in [6.45, 7) is 2.22. The third-order valence-corrected chi connectivity index (χ3v) is 3.05. The molecule has 0 aromatic heterocycles. The van der Waals surface area contributed by atoms with E-state index in [1.54, 1.807) is 4.90 Å². The van der Waals surface area contributed by atoms with Gasteiger partial charge < -0.3 is 9.84 Å². The molecule has 1 heterocycles. The number of cyclic esters (lactones) is 1. The number of carbonyl (C=O) groups is 2. The highest BCUT2D eigenvalue weighted by Crippen LogP contribution is 2.26. The fourth-order valence-electron chi connectivity index (χ4n) is 2.07. The number of amides is 1. The van der Waals surface area contributed by atoms with Crippen LogP contribution in [0.2, 0.25) is 0 Å². The van der Waals surface area contributed by atoms with Gasteiger partial charge >= 0.3 is 12.1 Å². The lowest BCUT2D eigenvalue weighted by atomic mass is 10.1. The van der Waals surface area contributed by atoms with Gasteiger partial charge in [0.2, 0.25) is 0 Å². The fraction of sp³-hybridized carbons (Fsp3) is 0.385. The third kappa shape index (κ3) is 2.61. The van der Waals surface area contributed by atoms with Crippen molar-refractivity contribution >= 4 is 12.1 Å². The van der Waals surface area contributed by atoms with Gasteiger partial charge in [0.05, 0.1) is 19.0 Å². The largest absolute Gasteiger partial charge is 0.481 e. The number of carboxylic acid groups (broad SMARTS) is 1. The maximum atomic E-state index is 11.7. The van der Waals surface area contributed by atoms with Crippen LogP contribution in [-0.2, 0) is 9.53 Å². The average Bonchev–Trinajstić information content (AvgIpc) is 2.69. The van der Waals surface area contributed by atoms with Gasteiger partial charge in [-0.3, -0.25) is 9.69 Å². The molecule has 1 saturated heterocycles. The first-order valence-corrected chi connectivity index (χ1v) is 5.82. The topological polar surface area (TPSA) is 66.8 Å². The van der Waals surface area contributed by atoms with Crippen LogP contribution >= 0.6 is 0 Å². The highest BCUT2D eigenvalue weighted by molar-refractivity contribution is 5.73. The molecule has 2 rings (SSSR count). The molecule has 0 saturated carbocycles. The third-order valence-electron chi connectivity index (χ3n) is 3.05. The Morgan fingerprint density at radius 1 is 1.50 bits per heavy atom. The summed E-state index contributed by atoms with van der Waals surface area (Å²) >= 11 is 0. The molecular formula is C13H15NO4. The van der Waals surface area contributed by atoms with Crippen molar-refractivity contribution in [1.82, 2.24) is 4.90 Å². The molecule has 18 heavy (non-hydrogen) atoms. The Morgan fingerprint density at radius 2 is 2.17 bits per heavy atom. The molecule has 0 aliphatic carbocycles. The minimum atomic E-state index is -0.956. The van der Waals surface area contributed by atoms with Crippen LogP contribution in [0.3, 0.4) is 0 Å². The molecule has 5 nitrogen and oxygen atoms in total. The molecule has 1 N–H and O–H groups in total. The lowest BCUT2D eigenvalue weighted by Gasteiger charge is -2.22. The van der Waals surface area contributed by atoms with E-state index in [1.807, 2.05) is 37.3 Å². The van der Waals surface area contributed by atoms with Crippen molar-refractivity contribution in [3.63, 3.8) is 0 Å². The van der Waals surface area contributed by atoms with E-state index >= 15 is 0 Å². The summed E-state index contributed by atoms with van der Waals surface area (Å²) in [5.41, 5.74) is 1.01. The molecule has 1 aliphatic rings. The highest BCUT2D eigenvalue weighted by Gasteiger charge is 2.35. The average molecular weight is 249 g/mol. The van der Waals surface area contributed by atoms with Gasteiger partial charge in [0.25, 0.3) is 0 Å². The highest BCUT2D eigenvalue weighted by atomic mass is 16.6. The first kappa shape index (κ1) is 12.4. The Bertz CT molecular complexity index is 446. The van der Waals surface area contributed by atoms with Crippen LogP contribution in [0.4, 0.5) is 4.79 Å². The lowest BCUT2D eigenvalue weighted by Crippen LogP contribution is -2.28. The molecule has 1 aromatic carbocycles. The predicted octanol–water partition coefficient (Wildman–Crippen LogP) is 2.04. The van der Waals surface area contributed by atoms with Crippen molar-refractivity contribution in [2.75, 3.05) is 6.54 Å². The number of aliphatic carboxylic acids is 1. The van der Waals surface area contributed by atoms with Gasteiger partial charge in [-0.05, 0) is 12.5 Å². The minimum Gasteiger partial charge on any atom is -0.481 e. The van der Waals surface area contributed by atoms with Crippen LogP contribution in [0.5, 0.6) is 0 Å². The molecule has 2 atom stereocenters. The second-order valence-corrected chi connectivity index (χ2v) is 4.34. The van der Waals surface area contributed by atoms with Crippen molar-refractivity contribution in [3.8, 4) is 0 Å². The molecule has 2 unspecified atom stereocenters. The zero-order valence-electron chi connectivity index (χ0n) is 10.1. The minimum absolute atomic E-state index is 0.113. The van der Waals surface area contributed by atoms with Gasteiger partial charge in [0.15, 0.2) is 0 Å². The van der Waals surface area contributed by atoms with Crippen LogP contribution in [0, 0.1) is 0 Å². The van der Waals surface area contributed by atoms with E-state index in [9.17, 15) is 9.59 Å². The van der Waals surface area contributed by atoms with Crippen LogP contribution in [0.25, 0.3) is 0 Å². The first-order valence-electron chi connectivity index (χ1n) is 5.82. The van der Waals surface area contributed by atoms with Crippen LogP contribution in [0.1, 0.15) is 24.9 Å². The summed E-state index contributed by atoms with van der Waals surface area (Å²) in [5.74, 6) is -0.956. The molecule has 1 fully saturated rings. The fourth-order valence-corrected chi connectivity index (χ4v) is 2.07. The number of hydrogen-bond acceptors (Lipinski definition) is 3. The number of benzene rings is 1. The van der Waals surface area contributed by atoms with Crippen molar-refractivity contribution in [1.29, 1.82) is 0 Å². The van der Waals surface area contributed by atoms with Gasteiger partial charge in [0, 0.05) is 0 Å². The Balaban J connectivity index is 2.06. The molecule has 5 heteroatoms. The Morgan fingerprint density at radius 3 is 2.78 bits per heavy atom. The molecule has 0 spiro atoms. The molecule has 1 aromatic rings. The Hall–Kier alpha value is -2.04. The number of nitrogens with zero attached hydrogens (tertiary/aromatic N) is 1. The molecule has 0 bridgehead atoms. The van der Waals surface area contributed by atoms with Crippen molar-refractivity contribution in [3.05, 3.63) is 35.9 Å². The van der Waals surface area contributed by atoms with Crippen LogP contribution in [-0.4, -0.2) is 34.7 Å². The molecule has 1 aliphatic heterocycles. The van der Waals surface area contributed by atoms with Gasteiger partial charge in [0.1, 0.15) is 6.10 Å². The Kier molecular flexibility index (Phi) is 3.50. The van der Waals surface area contributed by atoms with E-state index < -0.39 is 18.2 Å². The first-order chi connectivity index (χ1) is 8.58. The van der Waals surface area contributed by atoms with Gasteiger partial charge in [-0.15, -0.1) is 0 Å². The molecule has 0 radical (unpaired) electrons. The summed E-state index contributed by atoms with van der Waals surface area (Å²) in [6, 6.07) is 9.47. The number of ether oxygens (including phenoxy) is 1. The van der Waals surface area contributed by atoms with E-state index in [4.69, 9.17) is 9.84 Å². The number of carboxylic acids is 1. The normalized spacial score (nSPS) is 20.6. The molecule has 1 amide bonds. The second-order valence-electron chi connectivity index (χ2n) is 4.34. The summed E-state index contributed by atoms with van der Waals surface area (Å²) in [6.07, 6.45) is -1.15. The maximum absolute atomic E-state index is 11.7. The summed E-state index contributed by atoms with van der Waals surface area (Å²) < 4.78 is 5.03. The SMILES string of the molecule is CC(c1ccccc1)N1CC(CC(=O)O)OC1=O. The maximum Gasteiger partial charge on any atom is 0.410 e. The van der Waals surface area contributed by atoms with E-state index in [0.29, 0.717) is 6.54 Å². The lowest BCUT2D eigenvalue weighted by molar-refractivity contribution is -0.138. The zero-order valence-corrected chi connectivity index (χ0v) is 10.1. The number of carbonyl (C=O) groups excluding carboxylic acids is 1. The van der Waals surface area contributed by atoms with Gasteiger partial charge in [-0.1, -0.05) is 30.3 Å². The smallest absolute Gasteiger partial charge is 0.410 e. The number of rotatable bonds is 4. The summed E-state index contributed by atoms with van der Waals surface area (Å²) in [4.78, 5) is 23.8. The van der Waals surface area contributed by atoms with E-state index in [-0.39, 0.29) is 12.5 Å². The zero-order chi connectivity index (χ0) is 13.1. The van der Waals surface area contributed by atoms with E-state index in [1.165, 1.54) is 0 Å². The van der Waals surface area contributed by atoms with Crippen LogP contribution < -0.4 is 0 Å². The van der Waals surface area contributed by atoms with Crippen LogP contribution in [0.15, 0.2) is 30.3 Å². The van der Waals surface area contributed by atoms with Crippen molar-refractivity contribution < 1.29 is 19.4 Å². The Labute approximate surface area is 105 Å². The molecular weight excluding hydrogens is 234 g/mol. The van der Waals surface area contributed by atoms with Crippen molar-refractivity contribution in [2.24, 2.45) is 0 Å². The quantitative estimate of drug-likeness (QED) is 0.886. The van der Waals surface area contributed by atoms with Gasteiger partial charge in [-0.2, -0.15) is 0 Å². The van der Waals surface area contributed by atoms with Gasteiger partial charge in [-0.25, -0.2) is 4.79 Å².